The molecule has 1 rings (SSSR count). The minimum absolute atomic E-state index is 0.272. The van der Waals surface area contributed by atoms with Gasteiger partial charge in [-0.25, -0.2) is 0 Å². The molecule has 0 spiro atoms. The van der Waals surface area contributed by atoms with Crippen molar-refractivity contribution in [1.82, 2.24) is 4.90 Å². The van der Waals surface area contributed by atoms with Crippen molar-refractivity contribution in [2.45, 2.75) is 13.3 Å². The Labute approximate surface area is 62.4 Å². The van der Waals surface area contributed by atoms with Crippen molar-refractivity contribution in [3.63, 3.8) is 0 Å². The zero-order valence-corrected chi connectivity index (χ0v) is 6.67. The van der Waals surface area contributed by atoms with Crippen LogP contribution in [0.2, 0.25) is 0 Å². The summed E-state index contributed by atoms with van der Waals surface area (Å²) in [6, 6.07) is 2.32. The highest BCUT2D eigenvalue weighted by Crippen LogP contribution is 2.18. The Kier molecular flexibility index (Phi) is 2.29. The lowest BCUT2D eigenvalue weighted by molar-refractivity contribution is 0.188. The molecule has 0 radical (unpaired) electrons. The molecule has 0 aromatic carbocycles. The van der Waals surface area contributed by atoms with Crippen molar-refractivity contribution in [2.24, 2.45) is 11.8 Å². The van der Waals surface area contributed by atoms with Gasteiger partial charge in [-0.1, -0.05) is 6.92 Å². The minimum atomic E-state index is 0.272. The van der Waals surface area contributed by atoms with Gasteiger partial charge in [-0.05, 0) is 19.4 Å². The van der Waals surface area contributed by atoms with Crippen molar-refractivity contribution in [1.29, 1.82) is 5.26 Å². The van der Waals surface area contributed by atoms with E-state index in [9.17, 15) is 0 Å². The molecule has 1 heterocycles. The number of hydrogen-bond donors (Lipinski definition) is 0. The van der Waals surface area contributed by atoms with Crippen LogP contribution >= 0.6 is 0 Å². The van der Waals surface area contributed by atoms with Crippen molar-refractivity contribution >= 4 is 0 Å². The summed E-state index contributed by atoms with van der Waals surface area (Å²) in [5.74, 6) is 0.970. The molecule has 0 aliphatic carbocycles. The van der Waals surface area contributed by atoms with E-state index in [2.05, 4.69) is 24.9 Å². The van der Waals surface area contributed by atoms with Crippen LogP contribution in [0.25, 0.3) is 0 Å². The smallest absolute Gasteiger partial charge is 0.0669 e. The number of likely N-dealkylation sites (tertiary alicyclic amines) is 1. The van der Waals surface area contributed by atoms with Crippen LogP contribution in [0.15, 0.2) is 0 Å². The third-order valence-corrected chi connectivity index (χ3v) is 2.02. The lowest BCUT2D eigenvalue weighted by Crippen LogP contribution is -2.36. The second kappa shape index (κ2) is 3.03. The van der Waals surface area contributed by atoms with Crippen LogP contribution in [-0.2, 0) is 0 Å². The summed E-state index contributed by atoms with van der Waals surface area (Å²) < 4.78 is 0. The Bertz CT molecular complexity index is 138. The van der Waals surface area contributed by atoms with Gasteiger partial charge in [0.2, 0.25) is 0 Å². The SMILES string of the molecule is C[C@@H]1C[C@@H](C#N)CN(C)C1. The van der Waals surface area contributed by atoms with Gasteiger partial charge in [-0.15, -0.1) is 0 Å². The molecule has 1 aliphatic heterocycles. The first kappa shape index (κ1) is 7.56. The van der Waals surface area contributed by atoms with Crippen LogP contribution in [-0.4, -0.2) is 25.0 Å². The van der Waals surface area contributed by atoms with Crippen molar-refractivity contribution in [2.75, 3.05) is 20.1 Å². The summed E-state index contributed by atoms with van der Waals surface area (Å²) in [7, 11) is 2.08. The summed E-state index contributed by atoms with van der Waals surface area (Å²) >= 11 is 0. The Morgan fingerprint density at radius 2 is 2.20 bits per heavy atom. The fourth-order valence-corrected chi connectivity index (χ4v) is 1.71. The van der Waals surface area contributed by atoms with E-state index in [0.29, 0.717) is 5.92 Å². The van der Waals surface area contributed by atoms with Crippen LogP contribution in [0.5, 0.6) is 0 Å². The number of rotatable bonds is 0. The molecule has 0 amide bonds. The van der Waals surface area contributed by atoms with Crippen molar-refractivity contribution in [3.05, 3.63) is 0 Å². The third kappa shape index (κ3) is 1.71. The lowest BCUT2D eigenvalue weighted by Gasteiger charge is -2.30. The molecule has 0 saturated carbocycles. The average Bonchev–Trinajstić information content (AvgIpc) is 1.85. The van der Waals surface area contributed by atoms with E-state index < -0.39 is 0 Å². The zero-order chi connectivity index (χ0) is 7.56. The van der Waals surface area contributed by atoms with E-state index in [1.807, 2.05) is 0 Å². The molecule has 1 saturated heterocycles. The van der Waals surface area contributed by atoms with E-state index in [-0.39, 0.29) is 5.92 Å². The number of piperidine rings is 1. The fraction of sp³-hybridized carbons (Fsp3) is 0.875. The summed E-state index contributed by atoms with van der Waals surface area (Å²) in [4.78, 5) is 2.24. The summed E-state index contributed by atoms with van der Waals surface area (Å²) in [5.41, 5.74) is 0. The Balaban J connectivity index is 2.44. The first-order valence-corrected chi connectivity index (χ1v) is 3.80. The highest BCUT2D eigenvalue weighted by atomic mass is 15.1. The largest absolute Gasteiger partial charge is 0.305 e. The number of nitrogens with zero attached hydrogens (tertiary/aromatic N) is 2. The molecule has 2 nitrogen and oxygen atoms in total. The second-order valence-electron chi connectivity index (χ2n) is 3.39. The molecule has 56 valence electrons. The third-order valence-electron chi connectivity index (χ3n) is 2.02. The molecular weight excluding hydrogens is 124 g/mol. The molecule has 10 heavy (non-hydrogen) atoms. The second-order valence-corrected chi connectivity index (χ2v) is 3.39. The molecule has 0 aromatic rings. The van der Waals surface area contributed by atoms with Crippen molar-refractivity contribution in [3.8, 4) is 6.07 Å². The minimum Gasteiger partial charge on any atom is -0.305 e. The topological polar surface area (TPSA) is 27.0 Å². The lowest BCUT2D eigenvalue weighted by atomic mass is 9.92. The number of hydrogen-bond acceptors (Lipinski definition) is 2. The predicted molar refractivity (Wildman–Crippen MR) is 40.4 cm³/mol. The Morgan fingerprint density at radius 3 is 2.70 bits per heavy atom. The predicted octanol–water partition coefficient (Wildman–Crippen LogP) is 1.10. The van der Waals surface area contributed by atoms with Crippen LogP contribution in [0.1, 0.15) is 13.3 Å². The van der Waals surface area contributed by atoms with Crippen LogP contribution in [0.3, 0.4) is 0 Å². The van der Waals surface area contributed by atoms with Gasteiger partial charge in [0, 0.05) is 13.1 Å². The molecule has 1 aliphatic rings. The highest BCUT2D eigenvalue weighted by molar-refractivity contribution is 4.89. The summed E-state index contributed by atoms with van der Waals surface area (Å²) in [5, 5.41) is 8.65. The van der Waals surface area contributed by atoms with Gasteiger partial charge < -0.3 is 4.90 Å². The van der Waals surface area contributed by atoms with Gasteiger partial charge >= 0.3 is 0 Å². The van der Waals surface area contributed by atoms with Gasteiger partial charge in [0.25, 0.3) is 0 Å². The van der Waals surface area contributed by atoms with Crippen molar-refractivity contribution < 1.29 is 0 Å². The Morgan fingerprint density at radius 1 is 1.50 bits per heavy atom. The van der Waals surface area contributed by atoms with E-state index in [1.165, 1.54) is 0 Å². The molecule has 0 bridgehead atoms. The molecular formula is C8H14N2. The average molecular weight is 138 g/mol. The van der Waals surface area contributed by atoms with Crippen LogP contribution in [0, 0.1) is 23.2 Å². The maximum Gasteiger partial charge on any atom is 0.0669 e. The molecule has 1 fully saturated rings. The van der Waals surface area contributed by atoms with Gasteiger partial charge in [0.15, 0.2) is 0 Å². The summed E-state index contributed by atoms with van der Waals surface area (Å²) in [6.45, 7) is 4.32. The van der Waals surface area contributed by atoms with Crippen LogP contribution < -0.4 is 0 Å². The fourth-order valence-electron chi connectivity index (χ4n) is 1.71. The molecule has 0 unspecified atom stereocenters. The Hall–Kier alpha value is -0.550. The highest BCUT2D eigenvalue weighted by Gasteiger charge is 2.21. The molecule has 0 aromatic heterocycles. The monoisotopic (exact) mass is 138 g/mol. The molecule has 0 N–H and O–H groups in total. The quantitative estimate of drug-likeness (QED) is 0.501. The summed E-state index contributed by atoms with van der Waals surface area (Å²) in [6.07, 6.45) is 1.08. The maximum absolute atomic E-state index is 8.65. The molecule has 2 atom stereocenters. The van der Waals surface area contributed by atoms with E-state index >= 15 is 0 Å². The molecule has 2 heteroatoms. The maximum atomic E-state index is 8.65. The van der Waals surface area contributed by atoms with Gasteiger partial charge in [-0.2, -0.15) is 5.26 Å². The normalized spacial score (nSPS) is 35.3. The van der Waals surface area contributed by atoms with Crippen LogP contribution in [0.4, 0.5) is 0 Å². The van der Waals surface area contributed by atoms with Gasteiger partial charge in [0.1, 0.15) is 0 Å². The first-order chi connectivity index (χ1) is 4.72. The first-order valence-electron chi connectivity index (χ1n) is 3.80. The van der Waals surface area contributed by atoms with E-state index in [4.69, 9.17) is 5.26 Å². The standard InChI is InChI=1S/C8H14N2/c1-7-3-8(4-9)6-10(2)5-7/h7-8H,3,5-6H2,1-2H3/t7-,8+/m1/s1. The van der Waals surface area contributed by atoms with E-state index in [1.54, 1.807) is 0 Å². The van der Waals surface area contributed by atoms with Gasteiger partial charge in [0.05, 0.1) is 12.0 Å². The zero-order valence-electron chi connectivity index (χ0n) is 6.67. The van der Waals surface area contributed by atoms with E-state index in [0.717, 1.165) is 19.5 Å². The van der Waals surface area contributed by atoms with Gasteiger partial charge in [-0.3, -0.25) is 0 Å². The number of nitriles is 1.